The Labute approximate surface area is 266 Å². The van der Waals surface area contributed by atoms with E-state index in [4.69, 9.17) is 0 Å². The molecule has 0 spiro atoms. The van der Waals surface area contributed by atoms with E-state index in [1.165, 1.54) is 6.92 Å². The van der Waals surface area contributed by atoms with Gasteiger partial charge >= 0.3 is 17.1 Å². The molecule has 0 amide bonds. The smallest absolute Gasteiger partial charge is 0.682 e. The second kappa shape index (κ2) is 13.8. The van der Waals surface area contributed by atoms with Crippen LogP contribution in [0, 0.1) is 22.7 Å². The van der Waals surface area contributed by atoms with Crippen LogP contribution in [0.3, 0.4) is 0 Å². The molecule has 5 N–H and O–H groups in total. The van der Waals surface area contributed by atoms with E-state index >= 15 is 0 Å². The number of allylic oxidation sites excluding steroid dienone is 4. The Kier molecular flexibility index (Phi) is 11.8. The third-order valence-corrected chi connectivity index (χ3v) is 8.32. The van der Waals surface area contributed by atoms with Gasteiger partial charge in [0.05, 0.1) is 46.4 Å². The zero-order valence-corrected chi connectivity index (χ0v) is 27.1. The van der Waals surface area contributed by atoms with E-state index in [1.807, 2.05) is 0 Å². The normalized spacial score (nSPS) is 28.2. The molecule has 0 aromatic carbocycles. The van der Waals surface area contributed by atoms with E-state index in [0.717, 1.165) is 24.3 Å². The average Bonchev–Trinajstić information content (AvgIpc) is 3.65. The molecule has 4 heterocycles. The molecule has 4 atom stereocenters. The van der Waals surface area contributed by atoms with Crippen LogP contribution in [-0.2, 0) is 17.1 Å². The van der Waals surface area contributed by atoms with Crippen molar-refractivity contribution in [2.45, 2.75) is 147 Å². The van der Waals surface area contributed by atoms with Crippen molar-refractivity contribution in [3.63, 3.8) is 0 Å². The first kappa shape index (κ1) is 36.9. The molecular formula is C31H46CuN6O5. The molecule has 2 saturated heterocycles. The second-order valence-corrected chi connectivity index (χ2v) is 13.5. The topological polar surface area (TPSA) is 202 Å². The summed E-state index contributed by atoms with van der Waals surface area (Å²) in [7, 11) is 0. The Morgan fingerprint density at radius 3 is 1.26 bits per heavy atom. The van der Waals surface area contributed by atoms with Gasteiger partial charge in [-0.25, -0.2) is 0 Å². The van der Waals surface area contributed by atoms with Crippen molar-refractivity contribution in [2.24, 2.45) is 9.98 Å². The Morgan fingerprint density at radius 2 is 1.00 bits per heavy atom. The third-order valence-electron chi connectivity index (χ3n) is 8.32. The number of hydrogen-bond donors (Lipinski definition) is 5. The van der Waals surface area contributed by atoms with E-state index in [-0.39, 0.29) is 35.2 Å². The van der Waals surface area contributed by atoms with Gasteiger partial charge in [-0.15, -0.1) is 11.4 Å². The number of nitriles is 2. The van der Waals surface area contributed by atoms with Gasteiger partial charge in [0.2, 0.25) is 0 Å². The third kappa shape index (κ3) is 9.36. The van der Waals surface area contributed by atoms with Crippen molar-refractivity contribution in [2.75, 3.05) is 0 Å². The molecule has 241 valence electrons. The summed E-state index contributed by atoms with van der Waals surface area (Å²) in [6, 6.07) is 3.21. The summed E-state index contributed by atoms with van der Waals surface area (Å²) in [6.07, 6.45) is 5.30. The van der Waals surface area contributed by atoms with Gasteiger partial charge < -0.3 is 36.2 Å². The van der Waals surface area contributed by atoms with Gasteiger partial charge in [0, 0.05) is 11.2 Å². The first-order valence-corrected chi connectivity index (χ1v) is 14.7. The monoisotopic (exact) mass is 645 g/mol. The molecule has 12 heteroatoms. The van der Waals surface area contributed by atoms with Crippen LogP contribution in [0.25, 0.3) is 10.6 Å². The van der Waals surface area contributed by atoms with Crippen LogP contribution in [0.1, 0.15) is 99.8 Å². The minimum absolute atomic E-state index is 0. The maximum Gasteiger partial charge on any atom is 2.00 e. The molecule has 4 aliphatic rings. The molecule has 2 fully saturated rings. The average molecular weight is 646 g/mol. The quantitative estimate of drug-likeness (QED) is 0.164. The molecule has 1 radical (unpaired) electrons. The molecule has 43 heavy (non-hydrogen) atoms. The van der Waals surface area contributed by atoms with Crippen LogP contribution in [0.5, 0.6) is 0 Å². The van der Waals surface area contributed by atoms with E-state index < -0.39 is 28.6 Å². The number of nitrogens with zero attached hydrogens (tertiary/aromatic N) is 6. The summed E-state index contributed by atoms with van der Waals surface area (Å²) < 4.78 is 0. The summed E-state index contributed by atoms with van der Waals surface area (Å²) in [4.78, 5) is 8.80. The Morgan fingerprint density at radius 1 is 0.628 bits per heavy atom. The van der Waals surface area contributed by atoms with Crippen LogP contribution in [0.4, 0.5) is 0 Å². The van der Waals surface area contributed by atoms with E-state index in [9.17, 15) is 36.1 Å². The zero-order chi connectivity index (χ0) is 31.7. The minimum Gasteiger partial charge on any atom is -0.682 e. The van der Waals surface area contributed by atoms with Crippen molar-refractivity contribution >= 4 is 11.4 Å². The van der Waals surface area contributed by atoms with Gasteiger partial charge in [-0.2, -0.15) is 10.5 Å². The fourth-order valence-electron chi connectivity index (χ4n) is 5.64. The van der Waals surface area contributed by atoms with E-state index in [1.54, 1.807) is 41.5 Å². The van der Waals surface area contributed by atoms with Crippen LogP contribution < -0.4 is 0 Å². The van der Waals surface area contributed by atoms with Crippen LogP contribution in [0.15, 0.2) is 32.5 Å². The van der Waals surface area contributed by atoms with Gasteiger partial charge in [0.25, 0.3) is 0 Å². The predicted molar refractivity (Wildman–Crippen MR) is 161 cm³/mol. The molecular weight excluding hydrogens is 600 g/mol. The predicted octanol–water partition coefficient (Wildman–Crippen LogP) is 3.82. The number of aliphatic imine (C=N–C) groups is 2. The molecule has 0 aromatic heterocycles. The summed E-state index contributed by atoms with van der Waals surface area (Å²) in [6.45, 7) is 11.7. The molecule has 0 aromatic rings. The van der Waals surface area contributed by atoms with Crippen molar-refractivity contribution in [3.05, 3.63) is 33.2 Å². The van der Waals surface area contributed by atoms with Gasteiger partial charge in [-0.1, -0.05) is 24.9 Å². The van der Waals surface area contributed by atoms with E-state index in [0.29, 0.717) is 61.1 Å². The van der Waals surface area contributed by atoms with Crippen molar-refractivity contribution in [3.8, 4) is 12.1 Å². The molecule has 0 saturated carbocycles. The largest absolute Gasteiger partial charge is 2.00 e. The fraction of sp³-hybridized carbons (Fsp3) is 0.742. The van der Waals surface area contributed by atoms with Crippen LogP contribution in [0.2, 0.25) is 0 Å². The first-order chi connectivity index (χ1) is 19.3. The van der Waals surface area contributed by atoms with Crippen LogP contribution >= 0.6 is 0 Å². The molecule has 11 nitrogen and oxygen atoms in total. The maximum absolute atomic E-state index is 10.0. The molecule has 0 aliphatic carbocycles. The van der Waals surface area contributed by atoms with Gasteiger partial charge in [-0.05, 0) is 87.0 Å². The standard InChI is InChI=1S/C16H24N3O2.C15H22N3O3.Cu/c1-15(2,20)13-7-5-11(18-13)10(9-17)12-6-8-14(19-12)16(3,4)21;1-14(2,19)12-6-4-10(17-12)9(8-16)11-5-7-13(18-11)15(3,20)21;/h13-14,20-21H,5-8H2,1-4H3;12-13,19-21H,4-7H2,1-3H3;/q2*-1;+2/b11-10-;;/t13-,14-;12-,13-;/m00./s1. The minimum atomic E-state index is -1.87. The summed E-state index contributed by atoms with van der Waals surface area (Å²) in [5.74, 6) is -1.87. The number of rotatable bonds is 6. The fourth-order valence-corrected chi connectivity index (χ4v) is 5.64. The van der Waals surface area contributed by atoms with Gasteiger partial charge in [-0.3, -0.25) is 9.98 Å². The summed E-state index contributed by atoms with van der Waals surface area (Å²) >= 11 is 0. The molecule has 4 aliphatic heterocycles. The second-order valence-electron chi connectivity index (χ2n) is 13.5. The van der Waals surface area contributed by atoms with E-state index in [2.05, 4.69) is 32.8 Å². The number of hydrogen-bond acceptors (Lipinski definition) is 9. The van der Waals surface area contributed by atoms with Crippen LogP contribution in [-0.4, -0.2) is 83.7 Å². The molecule has 0 bridgehead atoms. The molecule has 4 rings (SSSR count). The zero-order valence-electron chi connectivity index (χ0n) is 26.2. The van der Waals surface area contributed by atoms with Gasteiger partial charge in [0.15, 0.2) is 5.79 Å². The summed E-state index contributed by atoms with van der Waals surface area (Å²) in [5, 5.41) is 77.1. The van der Waals surface area contributed by atoms with Gasteiger partial charge in [0.1, 0.15) is 6.04 Å². The Balaban J connectivity index is 0.000000293. The first-order valence-electron chi connectivity index (χ1n) is 14.7. The van der Waals surface area contributed by atoms with Crippen molar-refractivity contribution in [1.82, 2.24) is 0 Å². The maximum atomic E-state index is 10.0. The van der Waals surface area contributed by atoms with Crippen molar-refractivity contribution < 1.29 is 42.6 Å². The summed E-state index contributed by atoms with van der Waals surface area (Å²) in [5.41, 5.74) is 1.08. The Bertz CT molecular complexity index is 1140. The Hall–Kier alpha value is -2.28. The SMILES string of the molecule is CC(C)(O)[C@@H]1CCC(/C(C#N)=C2/CC[C@@H](C(C)(C)O)[N-]2)=N1.CC(C)(O)[C@@H]1CCC(=C(C#N)C2=N[C@H](C(C)(O)O)CC2)[N-]1.[Cu+2]. The van der Waals surface area contributed by atoms with Crippen molar-refractivity contribution in [1.29, 1.82) is 10.5 Å². The number of aliphatic hydroxyl groups is 5. The molecule has 0 unspecified atom stereocenters.